The summed E-state index contributed by atoms with van der Waals surface area (Å²) in [5.74, 6) is 1.56. The van der Waals surface area contributed by atoms with Gasteiger partial charge < -0.3 is 10.2 Å². The fraction of sp³-hybridized carbons (Fsp3) is 0.500. The van der Waals surface area contributed by atoms with Gasteiger partial charge in [-0.2, -0.15) is 5.10 Å². The minimum atomic E-state index is -0.0817. The van der Waals surface area contributed by atoms with Crippen molar-refractivity contribution in [2.75, 3.05) is 23.3 Å². The highest BCUT2D eigenvalue weighted by atomic mass is 32.1. The van der Waals surface area contributed by atoms with Gasteiger partial charge in [0.2, 0.25) is 5.91 Å². The number of carbonyl (C=O) groups is 1. The van der Waals surface area contributed by atoms with E-state index in [0.29, 0.717) is 6.54 Å². The van der Waals surface area contributed by atoms with Gasteiger partial charge >= 0.3 is 0 Å². The molecule has 162 valence electrons. The quantitative estimate of drug-likeness (QED) is 0.672. The standard InChI is InChI=1S/C22H27N7OS/c1-14-10-15(2)29(27-14)20-11-19(23-13-24-20)28-9-5-6-16(12-28)21(30)26-22-25-17-7-3-4-8-18(17)31-22/h10-11,13,16H,3-9,12H2,1-2H3,(H,25,26,30)/t16-/m0/s1. The Bertz CT molecular complexity index is 1080. The molecule has 0 saturated carbocycles. The lowest BCUT2D eigenvalue weighted by molar-refractivity contribution is -0.120. The molecule has 4 heterocycles. The summed E-state index contributed by atoms with van der Waals surface area (Å²) in [7, 11) is 0. The van der Waals surface area contributed by atoms with Gasteiger partial charge in [-0.1, -0.05) is 0 Å². The van der Waals surface area contributed by atoms with E-state index in [9.17, 15) is 4.79 Å². The minimum Gasteiger partial charge on any atom is -0.356 e. The average molecular weight is 438 g/mol. The number of piperidine rings is 1. The molecule has 1 amide bonds. The van der Waals surface area contributed by atoms with Gasteiger partial charge in [0.05, 0.1) is 17.3 Å². The third-order valence-corrected chi connectivity index (χ3v) is 7.13. The molecule has 0 spiro atoms. The predicted octanol–water partition coefficient (Wildman–Crippen LogP) is 3.47. The number of hydrogen-bond acceptors (Lipinski definition) is 7. The van der Waals surface area contributed by atoms with Crippen LogP contribution in [0.25, 0.3) is 5.82 Å². The zero-order chi connectivity index (χ0) is 21.4. The lowest BCUT2D eigenvalue weighted by Crippen LogP contribution is -2.41. The van der Waals surface area contributed by atoms with E-state index in [0.717, 1.165) is 60.4 Å². The fourth-order valence-corrected chi connectivity index (χ4v) is 5.55. The van der Waals surface area contributed by atoms with Crippen LogP contribution in [0.1, 0.15) is 47.6 Å². The number of aryl methyl sites for hydroxylation is 4. The van der Waals surface area contributed by atoms with Gasteiger partial charge in [0.15, 0.2) is 10.9 Å². The van der Waals surface area contributed by atoms with Gasteiger partial charge in [-0.3, -0.25) is 4.79 Å². The highest BCUT2D eigenvalue weighted by Crippen LogP contribution is 2.30. The minimum absolute atomic E-state index is 0.0589. The van der Waals surface area contributed by atoms with E-state index < -0.39 is 0 Å². The van der Waals surface area contributed by atoms with E-state index >= 15 is 0 Å². The molecule has 3 aromatic heterocycles. The summed E-state index contributed by atoms with van der Waals surface area (Å²) < 4.78 is 1.83. The van der Waals surface area contributed by atoms with Crippen molar-refractivity contribution in [3.63, 3.8) is 0 Å². The van der Waals surface area contributed by atoms with Crippen LogP contribution in [-0.2, 0) is 17.6 Å². The first-order chi connectivity index (χ1) is 15.1. The van der Waals surface area contributed by atoms with Gasteiger partial charge in [-0.25, -0.2) is 19.6 Å². The lowest BCUT2D eigenvalue weighted by atomic mass is 9.97. The first kappa shape index (κ1) is 20.1. The molecule has 9 heteroatoms. The molecule has 1 atom stereocenters. The van der Waals surface area contributed by atoms with Crippen LogP contribution in [0.4, 0.5) is 10.9 Å². The number of hydrogen-bond donors (Lipinski definition) is 1. The van der Waals surface area contributed by atoms with Gasteiger partial charge in [-0.05, 0) is 58.4 Å². The maximum Gasteiger partial charge on any atom is 0.231 e. The Morgan fingerprint density at radius 3 is 2.77 bits per heavy atom. The van der Waals surface area contributed by atoms with E-state index in [1.807, 2.05) is 30.7 Å². The number of nitrogens with one attached hydrogen (secondary N) is 1. The number of amides is 1. The summed E-state index contributed by atoms with van der Waals surface area (Å²) in [6, 6.07) is 3.98. The summed E-state index contributed by atoms with van der Waals surface area (Å²) >= 11 is 1.64. The maximum atomic E-state index is 13.0. The largest absolute Gasteiger partial charge is 0.356 e. The highest BCUT2D eigenvalue weighted by Gasteiger charge is 2.28. The summed E-state index contributed by atoms with van der Waals surface area (Å²) in [4.78, 5) is 30.0. The monoisotopic (exact) mass is 437 g/mol. The van der Waals surface area contributed by atoms with Crippen molar-refractivity contribution in [3.8, 4) is 5.82 Å². The van der Waals surface area contributed by atoms with E-state index in [1.165, 1.54) is 23.4 Å². The van der Waals surface area contributed by atoms with E-state index in [1.54, 1.807) is 17.7 Å². The zero-order valence-electron chi connectivity index (χ0n) is 18.0. The maximum absolute atomic E-state index is 13.0. The Balaban J connectivity index is 1.29. The second kappa shape index (κ2) is 8.37. The molecule has 8 nitrogen and oxygen atoms in total. The van der Waals surface area contributed by atoms with Gasteiger partial charge in [-0.15, -0.1) is 11.3 Å². The van der Waals surface area contributed by atoms with Gasteiger partial charge in [0.1, 0.15) is 12.1 Å². The fourth-order valence-electron chi connectivity index (χ4n) is 4.50. The second-order valence-electron chi connectivity index (χ2n) is 8.44. The SMILES string of the molecule is Cc1cc(C)n(-c2cc(N3CCC[C@H](C(=O)Nc4nc5c(s4)CCCC5)C3)ncn2)n1. The first-order valence-electron chi connectivity index (χ1n) is 11.0. The molecule has 1 saturated heterocycles. The number of thiazole rings is 1. The number of aromatic nitrogens is 5. The van der Waals surface area contributed by atoms with Crippen LogP contribution in [0.5, 0.6) is 0 Å². The summed E-state index contributed by atoms with van der Waals surface area (Å²) in [6.45, 7) is 5.51. The molecule has 1 N–H and O–H groups in total. The van der Waals surface area contributed by atoms with Crippen molar-refractivity contribution >= 4 is 28.2 Å². The molecule has 0 bridgehead atoms. The van der Waals surface area contributed by atoms with Crippen molar-refractivity contribution in [2.24, 2.45) is 5.92 Å². The summed E-state index contributed by atoms with van der Waals surface area (Å²) in [5, 5.41) is 8.36. The van der Waals surface area contributed by atoms with Crippen molar-refractivity contribution in [1.82, 2.24) is 24.7 Å². The Hall–Kier alpha value is -2.81. The lowest BCUT2D eigenvalue weighted by Gasteiger charge is -2.32. The zero-order valence-corrected chi connectivity index (χ0v) is 18.8. The van der Waals surface area contributed by atoms with Crippen LogP contribution < -0.4 is 10.2 Å². The van der Waals surface area contributed by atoms with Crippen molar-refractivity contribution in [2.45, 2.75) is 52.4 Å². The number of rotatable bonds is 4. The molecule has 0 radical (unpaired) electrons. The molecule has 0 aromatic carbocycles. The van der Waals surface area contributed by atoms with Gasteiger partial charge in [0.25, 0.3) is 0 Å². The van der Waals surface area contributed by atoms with Crippen molar-refractivity contribution < 1.29 is 4.79 Å². The highest BCUT2D eigenvalue weighted by molar-refractivity contribution is 7.15. The van der Waals surface area contributed by atoms with Crippen LogP contribution in [0.3, 0.4) is 0 Å². The second-order valence-corrected chi connectivity index (χ2v) is 9.53. The Morgan fingerprint density at radius 1 is 1.13 bits per heavy atom. The van der Waals surface area contributed by atoms with Crippen LogP contribution in [0.15, 0.2) is 18.5 Å². The van der Waals surface area contributed by atoms with Crippen LogP contribution in [-0.4, -0.2) is 43.7 Å². The van der Waals surface area contributed by atoms with Crippen LogP contribution in [0.2, 0.25) is 0 Å². The topological polar surface area (TPSA) is 88.8 Å². The van der Waals surface area contributed by atoms with Crippen molar-refractivity contribution in [3.05, 3.63) is 40.4 Å². The molecule has 5 rings (SSSR count). The molecule has 31 heavy (non-hydrogen) atoms. The molecule has 1 fully saturated rings. The molecule has 1 aliphatic heterocycles. The Kier molecular flexibility index (Phi) is 5.43. The Morgan fingerprint density at radius 2 is 1.97 bits per heavy atom. The number of fused-ring (bicyclic) bond motifs is 1. The van der Waals surface area contributed by atoms with Crippen LogP contribution >= 0.6 is 11.3 Å². The van der Waals surface area contributed by atoms with Gasteiger partial charge in [0, 0.05) is 29.7 Å². The average Bonchev–Trinajstić information content (AvgIpc) is 3.35. The number of nitrogens with zero attached hydrogens (tertiary/aromatic N) is 6. The smallest absolute Gasteiger partial charge is 0.231 e. The van der Waals surface area contributed by atoms with Crippen LogP contribution in [0, 0.1) is 19.8 Å². The summed E-state index contributed by atoms with van der Waals surface area (Å²) in [6.07, 6.45) is 7.94. The summed E-state index contributed by atoms with van der Waals surface area (Å²) in [5.41, 5.74) is 3.16. The van der Waals surface area contributed by atoms with Crippen molar-refractivity contribution in [1.29, 1.82) is 0 Å². The third kappa shape index (κ3) is 4.19. The molecule has 0 unspecified atom stereocenters. The molecule has 2 aliphatic rings. The number of anilines is 2. The first-order valence-corrected chi connectivity index (χ1v) is 11.8. The molecule has 1 aliphatic carbocycles. The van der Waals surface area contributed by atoms with E-state index in [4.69, 9.17) is 0 Å². The third-order valence-electron chi connectivity index (χ3n) is 6.06. The van der Waals surface area contributed by atoms with E-state index in [-0.39, 0.29) is 11.8 Å². The molecular formula is C22H27N7OS. The normalized spacial score (nSPS) is 18.6. The molecule has 3 aromatic rings. The van der Waals surface area contributed by atoms with E-state index in [2.05, 4.69) is 30.3 Å². The Labute approximate surface area is 185 Å². The number of carbonyl (C=O) groups excluding carboxylic acids is 1. The molecular weight excluding hydrogens is 410 g/mol. The predicted molar refractivity (Wildman–Crippen MR) is 121 cm³/mol.